The quantitative estimate of drug-likeness (QED) is 0.777. The number of nitrogens with zero attached hydrogens (tertiary/aromatic N) is 2. The molecule has 0 spiro atoms. The summed E-state index contributed by atoms with van der Waals surface area (Å²) in [6, 6.07) is 9.41. The Bertz CT molecular complexity index is 802. The molecule has 100 valence electrons. The number of halogens is 1. The van der Waals surface area contributed by atoms with Crippen LogP contribution in [0.5, 0.6) is 0 Å². The van der Waals surface area contributed by atoms with Crippen LogP contribution in [0.2, 0.25) is 0 Å². The molecule has 1 aromatic carbocycles. The summed E-state index contributed by atoms with van der Waals surface area (Å²) in [6.07, 6.45) is 3.31. The number of aryl methyl sites for hydroxylation is 1. The van der Waals surface area contributed by atoms with Gasteiger partial charge in [-0.3, -0.25) is 4.79 Å². The van der Waals surface area contributed by atoms with E-state index in [1.807, 2.05) is 0 Å². The third-order valence-electron chi connectivity index (χ3n) is 3.13. The van der Waals surface area contributed by atoms with E-state index in [0.29, 0.717) is 0 Å². The van der Waals surface area contributed by atoms with Crippen molar-refractivity contribution >= 4 is 0 Å². The number of nitrogens with one attached hydrogen (secondary N) is 1. The summed E-state index contributed by atoms with van der Waals surface area (Å²) < 4.78 is 14.5. The Hall–Kier alpha value is -2.69. The normalized spacial score (nSPS) is 10.7. The van der Waals surface area contributed by atoms with Crippen molar-refractivity contribution in [2.24, 2.45) is 7.05 Å². The predicted octanol–water partition coefficient (Wildman–Crippen LogP) is 2.58. The predicted molar refractivity (Wildman–Crippen MR) is 74.7 cm³/mol. The maximum absolute atomic E-state index is 13.0. The highest BCUT2D eigenvalue weighted by Gasteiger charge is 2.11. The van der Waals surface area contributed by atoms with E-state index in [1.54, 1.807) is 37.8 Å². The molecule has 0 saturated carbocycles. The van der Waals surface area contributed by atoms with Crippen LogP contribution in [0.25, 0.3) is 22.5 Å². The molecule has 0 aliphatic carbocycles. The van der Waals surface area contributed by atoms with E-state index in [9.17, 15) is 9.18 Å². The molecule has 0 fully saturated rings. The SMILES string of the molecule is Cn1cc(-c2nc[nH]c2-c2ccc(F)cc2)ccc1=O. The number of hydrogen-bond donors (Lipinski definition) is 1. The van der Waals surface area contributed by atoms with Crippen molar-refractivity contribution in [3.63, 3.8) is 0 Å². The van der Waals surface area contributed by atoms with E-state index < -0.39 is 0 Å². The average Bonchev–Trinajstić information content (AvgIpc) is 2.92. The Labute approximate surface area is 114 Å². The lowest BCUT2D eigenvalue weighted by molar-refractivity contribution is 0.628. The van der Waals surface area contributed by atoms with E-state index in [0.717, 1.165) is 22.5 Å². The van der Waals surface area contributed by atoms with Crippen molar-refractivity contribution in [1.29, 1.82) is 0 Å². The van der Waals surface area contributed by atoms with Crippen molar-refractivity contribution in [1.82, 2.24) is 14.5 Å². The molecule has 3 rings (SSSR count). The zero-order valence-corrected chi connectivity index (χ0v) is 10.8. The number of rotatable bonds is 2. The van der Waals surface area contributed by atoms with Gasteiger partial charge in [-0.2, -0.15) is 0 Å². The fourth-order valence-electron chi connectivity index (χ4n) is 2.08. The molecule has 0 amide bonds. The topological polar surface area (TPSA) is 50.7 Å². The molecular weight excluding hydrogens is 257 g/mol. The molecule has 0 aliphatic heterocycles. The summed E-state index contributed by atoms with van der Waals surface area (Å²) in [5.41, 5.74) is 3.11. The molecule has 4 nitrogen and oxygen atoms in total. The van der Waals surface area contributed by atoms with Crippen molar-refractivity contribution in [2.45, 2.75) is 0 Å². The number of aromatic amines is 1. The van der Waals surface area contributed by atoms with Gasteiger partial charge >= 0.3 is 0 Å². The first-order valence-corrected chi connectivity index (χ1v) is 6.11. The molecule has 2 heterocycles. The first kappa shape index (κ1) is 12.3. The maximum atomic E-state index is 13.0. The van der Waals surface area contributed by atoms with Crippen molar-refractivity contribution < 1.29 is 4.39 Å². The molecule has 0 aliphatic rings. The van der Waals surface area contributed by atoms with E-state index in [2.05, 4.69) is 9.97 Å². The first-order chi connectivity index (χ1) is 9.65. The van der Waals surface area contributed by atoms with Crippen LogP contribution in [-0.2, 0) is 7.05 Å². The van der Waals surface area contributed by atoms with E-state index in [-0.39, 0.29) is 11.4 Å². The number of benzene rings is 1. The van der Waals surface area contributed by atoms with Gasteiger partial charge in [0.1, 0.15) is 5.82 Å². The molecule has 1 N–H and O–H groups in total. The smallest absolute Gasteiger partial charge is 0.250 e. The van der Waals surface area contributed by atoms with Crippen LogP contribution >= 0.6 is 0 Å². The number of aromatic nitrogens is 3. The molecule has 20 heavy (non-hydrogen) atoms. The first-order valence-electron chi connectivity index (χ1n) is 6.11. The molecule has 0 bridgehead atoms. The summed E-state index contributed by atoms with van der Waals surface area (Å²) in [6.45, 7) is 0. The van der Waals surface area contributed by atoms with Gasteiger partial charge in [-0.15, -0.1) is 0 Å². The summed E-state index contributed by atoms with van der Waals surface area (Å²) in [7, 11) is 1.69. The van der Waals surface area contributed by atoms with Crippen molar-refractivity contribution in [2.75, 3.05) is 0 Å². The van der Waals surface area contributed by atoms with Gasteiger partial charge in [-0.25, -0.2) is 9.37 Å². The summed E-state index contributed by atoms with van der Waals surface area (Å²) in [5.74, 6) is -0.281. The van der Waals surface area contributed by atoms with Crippen LogP contribution in [0, 0.1) is 5.82 Å². The molecule has 2 aromatic heterocycles. The molecular formula is C15H12FN3O. The monoisotopic (exact) mass is 269 g/mol. The lowest BCUT2D eigenvalue weighted by Gasteiger charge is -2.05. The Morgan fingerprint density at radius 3 is 2.50 bits per heavy atom. The number of pyridine rings is 1. The Morgan fingerprint density at radius 1 is 1.10 bits per heavy atom. The zero-order valence-electron chi connectivity index (χ0n) is 10.8. The zero-order chi connectivity index (χ0) is 14.1. The lowest BCUT2D eigenvalue weighted by atomic mass is 10.1. The third kappa shape index (κ3) is 2.14. The minimum Gasteiger partial charge on any atom is -0.344 e. The van der Waals surface area contributed by atoms with Crippen LogP contribution < -0.4 is 5.56 Å². The molecule has 5 heteroatoms. The van der Waals surface area contributed by atoms with Gasteiger partial charge < -0.3 is 9.55 Å². The third-order valence-corrected chi connectivity index (χ3v) is 3.13. The van der Waals surface area contributed by atoms with Crippen LogP contribution in [0.15, 0.2) is 53.7 Å². The fourth-order valence-corrected chi connectivity index (χ4v) is 2.08. The minimum atomic E-state index is -0.281. The minimum absolute atomic E-state index is 0.0763. The van der Waals surface area contributed by atoms with Gasteiger partial charge in [-0.1, -0.05) is 0 Å². The van der Waals surface area contributed by atoms with Crippen LogP contribution in [0.4, 0.5) is 4.39 Å². The van der Waals surface area contributed by atoms with E-state index in [4.69, 9.17) is 0 Å². The van der Waals surface area contributed by atoms with E-state index >= 15 is 0 Å². The summed E-state index contributed by atoms with van der Waals surface area (Å²) in [5, 5.41) is 0. The van der Waals surface area contributed by atoms with Crippen LogP contribution in [-0.4, -0.2) is 14.5 Å². The summed E-state index contributed by atoms with van der Waals surface area (Å²) >= 11 is 0. The van der Waals surface area contributed by atoms with Gasteiger partial charge in [0.2, 0.25) is 5.56 Å². The molecule has 3 aromatic rings. The van der Waals surface area contributed by atoms with Gasteiger partial charge in [0, 0.05) is 30.4 Å². The number of imidazole rings is 1. The molecule has 0 atom stereocenters. The second-order valence-electron chi connectivity index (χ2n) is 4.50. The number of hydrogen-bond acceptors (Lipinski definition) is 2. The maximum Gasteiger partial charge on any atom is 0.250 e. The summed E-state index contributed by atoms with van der Waals surface area (Å²) in [4.78, 5) is 18.8. The molecule has 0 radical (unpaired) electrons. The molecule has 0 unspecified atom stereocenters. The van der Waals surface area contributed by atoms with Crippen molar-refractivity contribution in [3.8, 4) is 22.5 Å². The second kappa shape index (κ2) is 4.77. The molecule has 0 saturated heterocycles. The lowest BCUT2D eigenvalue weighted by Crippen LogP contribution is -2.14. The standard InChI is InChI=1S/C15H12FN3O/c1-19-8-11(4-7-13(19)20)15-14(17-9-18-15)10-2-5-12(16)6-3-10/h2-9H,1H3,(H,17,18). The second-order valence-corrected chi connectivity index (χ2v) is 4.50. The van der Waals surface area contributed by atoms with Gasteiger partial charge in [-0.05, 0) is 30.3 Å². The highest BCUT2D eigenvalue weighted by atomic mass is 19.1. The van der Waals surface area contributed by atoms with Gasteiger partial charge in [0.15, 0.2) is 0 Å². The van der Waals surface area contributed by atoms with Gasteiger partial charge in [0.25, 0.3) is 0 Å². The highest BCUT2D eigenvalue weighted by Crippen LogP contribution is 2.28. The van der Waals surface area contributed by atoms with Gasteiger partial charge in [0.05, 0.1) is 17.7 Å². The fraction of sp³-hybridized carbons (Fsp3) is 0.0667. The Kier molecular flexibility index (Phi) is 2.95. The Balaban J connectivity index is 2.12. The largest absolute Gasteiger partial charge is 0.344 e. The van der Waals surface area contributed by atoms with E-state index in [1.165, 1.54) is 22.8 Å². The van der Waals surface area contributed by atoms with Crippen LogP contribution in [0.1, 0.15) is 0 Å². The number of H-pyrrole nitrogens is 1. The van der Waals surface area contributed by atoms with Crippen molar-refractivity contribution in [3.05, 3.63) is 65.1 Å². The van der Waals surface area contributed by atoms with Crippen LogP contribution in [0.3, 0.4) is 0 Å². The highest BCUT2D eigenvalue weighted by molar-refractivity contribution is 5.77. The Morgan fingerprint density at radius 2 is 1.80 bits per heavy atom. The average molecular weight is 269 g/mol.